The van der Waals surface area contributed by atoms with E-state index in [0.717, 1.165) is 27.4 Å². The van der Waals surface area contributed by atoms with Crippen LogP contribution in [0.5, 0.6) is 11.5 Å². The Bertz CT molecular complexity index is 820. The van der Waals surface area contributed by atoms with Crippen molar-refractivity contribution in [2.24, 2.45) is 0 Å². The van der Waals surface area contributed by atoms with Crippen molar-refractivity contribution in [3.63, 3.8) is 0 Å². The summed E-state index contributed by atoms with van der Waals surface area (Å²) < 4.78 is 16.0. The lowest BCUT2D eigenvalue weighted by Crippen LogP contribution is -2.04. The summed E-state index contributed by atoms with van der Waals surface area (Å²) in [6, 6.07) is 5.74. The van der Waals surface area contributed by atoms with Crippen LogP contribution >= 0.6 is 0 Å². The van der Waals surface area contributed by atoms with Gasteiger partial charge in [0.15, 0.2) is 0 Å². The number of benzene rings is 1. The van der Waals surface area contributed by atoms with Crippen molar-refractivity contribution in [3.05, 3.63) is 30.6 Å². The van der Waals surface area contributed by atoms with E-state index in [0.29, 0.717) is 24.8 Å². The van der Waals surface area contributed by atoms with Gasteiger partial charge in [-0.1, -0.05) is 0 Å². The molecule has 0 amide bonds. The highest BCUT2D eigenvalue weighted by atomic mass is 16.5. The van der Waals surface area contributed by atoms with Gasteiger partial charge in [0.1, 0.15) is 23.9 Å². The summed E-state index contributed by atoms with van der Waals surface area (Å²) in [5, 5.41) is 2.63. The largest absolute Gasteiger partial charge is 0.494 e. The molecule has 6 nitrogen and oxygen atoms in total. The second-order valence-electron chi connectivity index (χ2n) is 4.78. The first-order chi connectivity index (χ1) is 10.7. The van der Waals surface area contributed by atoms with Crippen LogP contribution in [0, 0.1) is 0 Å². The first-order valence-corrected chi connectivity index (χ1v) is 6.87. The third-order valence-corrected chi connectivity index (χ3v) is 3.46. The Morgan fingerprint density at radius 3 is 2.68 bits per heavy atom. The Morgan fingerprint density at radius 1 is 1.05 bits per heavy atom. The fourth-order valence-corrected chi connectivity index (χ4v) is 2.38. The van der Waals surface area contributed by atoms with Gasteiger partial charge in [0.25, 0.3) is 0 Å². The molecule has 0 radical (unpaired) electrons. The maximum absolute atomic E-state index is 5.94. The van der Waals surface area contributed by atoms with Gasteiger partial charge in [0, 0.05) is 35.5 Å². The summed E-state index contributed by atoms with van der Waals surface area (Å²) >= 11 is 0. The highest BCUT2D eigenvalue weighted by Gasteiger charge is 2.11. The summed E-state index contributed by atoms with van der Waals surface area (Å²) in [6.45, 7) is 1.04. The Kier molecular flexibility index (Phi) is 3.93. The molecule has 22 heavy (non-hydrogen) atoms. The van der Waals surface area contributed by atoms with Crippen LogP contribution in [0.3, 0.4) is 0 Å². The zero-order valence-corrected chi connectivity index (χ0v) is 12.5. The summed E-state index contributed by atoms with van der Waals surface area (Å²) in [5.41, 5.74) is 6.75. The number of anilines is 1. The van der Waals surface area contributed by atoms with Gasteiger partial charge in [0.2, 0.25) is 0 Å². The molecule has 0 spiro atoms. The maximum atomic E-state index is 5.94. The minimum absolute atomic E-state index is 0.436. The van der Waals surface area contributed by atoms with Crippen molar-refractivity contribution < 1.29 is 14.2 Å². The van der Waals surface area contributed by atoms with Crippen molar-refractivity contribution in [2.45, 2.75) is 0 Å². The van der Waals surface area contributed by atoms with Crippen LogP contribution in [0.2, 0.25) is 0 Å². The van der Waals surface area contributed by atoms with Gasteiger partial charge < -0.3 is 19.9 Å². The van der Waals surface area contributed by atoms with E-state index in [2.05, 4.69) is 9.97 Å². The Hall–Kier alpha value is -2.60. The average Bonchev–Trinajstić information content (AvgIpc) is 2.55. The molecule has 0 atom stereocenters. The number of nitrogens with two attached hydrogens (primary N) is 1. The van der Waals surface area contributed by atoms with Crippen molar-refractivity contribution >= 4 is 27.5 Å². The summed E-state index contributed by atoms with van der Waals surface area (Å²) in [6.07, 6.45) is 3.33. The van der Waals surface area contributed by atoms with Crippen LogP contribution in [-0.2, 0) is 4.74 Å². The topological polar surface area (TPSA) is 79.5 Å². The molecule has 0 bridgehead atoms. The Morgan fingerprint density at radius 2 is 1.91 bits per heavy atom. The predicted molar refractivity (Wildman–Crippen MR) is 85.4 cm³/mol. The number of rotatable bonds is 5. The molecule has 3 aromatic rings. The Labute approximate surface area is 127 Å². The van der Waals surface area contributed by atoms with Gasteiger partial charge in [-0.05, 0) is 12.1 Å². The highest BCUT2D eigenvalue weighted by molar-refractivity contribution is 6.11. The minimum Gasteiger partial charge on any atom is -0.494 e. The molecule has 6 heteroatoms. The molecule has 2 N–H and O–H groups in total. The molecule has 0 unspecified atom stereocenters. The normalized spacial score (nSPS) is 11.0. The fraction of sp³-hybridized carbons (Fsp3) is 0.250. The molecular weight excluding hydrogens is 282 g/mol. The SMILES string of the molecule is COCCOc1ccc2c(c1)ncc1c(N)ncc(OC)c12. The van der Waals surface area contributed by atoms with E-state index < -0.39 is 0 Å². The molecule has 1 aromatic carbocycles. The molecule has 2 heterocycles. The molecule has 0 aliphatic rings. The number of nitrogens with zero attached hydrogens (tertiary/aromatic N) is 2. The number of fused-ring (bicyclic) bond motifs is 3. The molecule has 114 valence electrons. The van der Waals surface area contributed by atoms with Gasteiger partial charge in [-0.25, -0.2) is 4.98 Å². The number of ether oxygens (including phenoxy) is 3. The molecule has 0 fully saturated rings. The van der Waals surface area contributed by atoms with E-state index in [1.807, 2.05) is 18.2 Å². The molecule has 2 aromatic heterocycles. The van der Waals surface area contributed by atoms with Gasteiger partial charge in [-0.3, -0.25) is 4.98 Å². The fourth-order valence-electron chi connectivity index (χ4n) is 2.38. The monoisotopic (exact) mass is 299 g/mol. The van der Waals surface area contributed by atoms with E-state index >= 15 is 0 Å². The molecule has 3 rings (SSSR count). The quantitative estimate of drug-likeness (QED) is 0.575. The Balaban J connectivity index is 2.14. The van der Waals surface area contributed by atoms with E-state index in [1.54, 1.807) is 26.6 Å². The van der Waals surface area contributed by atoms with Gasteiger partial charge in [0.05, 0.1) is 25.4 Å². The zero-order valence-electron chi connectivity index (χ0n) is 12.5. The number of hydrogen-bond donors (Lipinski definition) is 1. The van der Waals surface area contributed by atoms with Crippen molar-refractivity contribution in [2.75, 3.05) is 33.2 Å². The van der Waals surface area contributed by atoms with E-state index in [4.69, 9.17) is 19.9 Å². The molecular formula is C16H17N3O3. The van der Waals surface area contributed by atoms with Crippen LogP contribution < -0.4 is 15.2 Å². The van der Waals surface area contributed by atoms with Crippen LogP contribution in [0.25, 0.3) is 21.7 Å². The summed E-state index contributed by atoms with van der Waals surface area (Å²) in [7, 11) is 3.25. The zero-order chi connectivity index (χ0) is 15.5. The van der Waals surface area contributed by atoms with Crippen LogP contribution in [0.1, 0.15) is 0 Å². The summed E-state index contributed by atoms with van der Waals surface area (Å²) in [5.74, 6) is 1.85. The molecule has 0 aliphatic heterocycles. The van der Waals surface area contributed by atoms with Crippen molar-refractivity contribution in [1.82, 2.24) is 9.97 Å². The third-order valence-electron chi connectivity index (χ3n) is 3.46. The molecule has 0 saturated heterocycles. The smallest absolute Gasteiger partial charge is 0.145 e. The van der Waals surface area contributed by atoms with E-state index in [-0.39, 0.29) is 0 Å². The predicted octanol–water partition coefficient (Wildman–Crippen LogP) is 2.40. The number of pyridine rings is 2. The second kappa shape index (κ2) is 6.03. The number of methoxy groups -OCH3 is 2. The number of aromatic nitrogens is 2. The van der Waals surface area contributed by atoms with Crippen LogP contribution in [-0.4, -0.2) is 37.4 Å². The second-order valence-corrected chi connectivity index (χ2v) is 4.78. The van der Waals surface area contributed by atoms with Gasteiger partial charge in [-0.2, -0.15) is 0 Å². The molecule has 0 aliphatic carbocycles. The lowest BCUT2D eigenvalue weighted by atomic mass is 10.1. The van der Waals surface area contributed by atoms with Crippen molar-refractivity contribution in [1.29, 1.82) is 0 Å². The van der Waals surface area contributed by atoms with Gasteiger partial charge >= 0.3 is 0 Å². The number of hydrogen-bond acceptors (Lipinski definition) is 6. The third kappa shape index (κ3) is 2.48. The first-order valence-electron chi connectivity index (χ1n) is 6.87. The minimum atomic E-state index is 0.436. The number of nitrogen functional groups attached to an aromatic ring is 1. The average molecular weight is 299 g/mol. The van der Waals surface area contributed by atoms with Crippen LogP contribution in [0.4, 0.5) is 5.82 Å². The van der Waals surface area contributed by atoms with Crippen molar-refractivity contribution in [3.8, 4) is 11.5 Å². The van der Waals surface area contributed by atoms with E-state index in [9.17, 15) is 0 Å². The van der Waals surface area contributed by atoms with E-state index in [1.165, 1.54) is 0 Å². The lowest BCUT2D eigenvalue weighted by Gasteiger charge is -2.11. The van der Waals surface area contributed by atoms with Gasteiger partial charge in [-0.15, -0.1) is 0 Å². The summed E-state index contributed by atoms with van der Waals surface area (Å²) in [4.78, 5) is 8.57. The highest BCUT2D eigenvalue weighted by Crippen LogP contribution is 2.34. The lowest BCUT2D eigenvalue weighted by molar-refractivity contribution is 0.146. The maximum Gasteiger partial charge on any atom is 0.145 e. The first kappa shape index (κ1) is 14.3. The molecule has 0 saturated carbocycles. The van der Waals surface area contributed by atoms with Crippen LogP contribution in [0.15, 0.2) is 30.6 Å². The standard InChI is InChI=1S/C16H17N3O3/c1-20-5-6-22-10-3-4-11-13(7-10)18-8-12-15(11)14(21-2)9-19-16(12)17/h3-4,7-9H,5-6H2,1-2H3,(H2,17,19).